The average Bonchev–Trinajstić information content (AvgIpc) is 2.67. The van der Waals surface area contributed by atoms with Crippen molar-refractivity contribution in [2.75, 3.05) is 25.0 Å². The van der Waals surface area contributed by atoms with Crippen molar-refractivity contribution >= 4 is 17.3 Å². The molecule has 0 aliphatic heterocycles. The number of aryl methyl sites for hydroxylation is 2. The number of hydrogen-bond donors (Lipinski definition) is 1. The van der Waals surface area contributed by atoms with Gasteiger partial charge in [0.05, 0.1) is 34.8 Å². The fraction of sp³-hybridized carbons (Fsp3) is 0.462. The molecule has 2 heterocycles. The fourth-order valence-electron chi connectivity index (χ4n) is 2.07. The van der Waals surface area contributed by atoms with Crippen molar-refractivity contribution in [1.29, 1.82) is 0 Å². The van der Waals surface area contributed by atoms with Crippen LogP contribution in [0.4, 0.5) is 5.69 Å². The Kier molecular flexibility index (Phi) is 4.64. The predicted octanol–water partition coefficient (Wildman–Crippen LogP) is 0.382. The molecule has 0 aliphatic carbocycles. The first-order chi connectivity index (χ1) is 9.93. The second kappa shape index (κ2) is 6.28. The van der Waals surface area contributed by atoms with E-state index in [2.05, 4.69) is 10.2 Å². The Morgan fingerprint density at radius 2 is 2.19 bits per heavy atom. The van der Waals surface area contributed by atoms with Gasteiger partial charge in [-0.1, -0.05) is 11.6 Å². The number of aromatic nitrogens is 4. The summed E-state index contributed by atoms with van der Waals surface area (Å²) in [5.41, 5.74) is 7.55. The monoisotopic (exact) mass is 310 g/mol. The minimum absolute atomic E-state index is 0.189. The van der Waals surface area contributed by atoms with Gasteiger partial charge in [-0.3, -0.25) is 9.48 Å². The lowest BCUT2D eigenvalue weighted by Crippen LogP contribution is -2.29. The van der Waals surface area contributed by atoms with Gasteiger partial charge in [0, 0.05) is 33.3 Å². The van der Waals surface area contributed by atoms with E-state index in [1.165, 1.54) is 4.68 Å². The van der Waals surface area contributed by atoms with Crippen LogP contribution in [-0.2, 0) is 13.6 Å². The van der Waals surface area contributed by atoms with E-state index < -0.39 is 0 Å². The summed E-state index contributed by atoms with van der Waals surface area (Å²) in [5.74, 6) is 0. The maximum atomic E-state index is 12.2. The van der Waals surface area contributed by atoms with Crippen molar-refractivity contribution in [1.82, 2.24) is 19.6 Å². The molecule has 0 atom stereocenters. The number of halogens is 1. The molecule has 114 valence electrons. The highest BCUT2D eigenvalue weighted by atomic mass is 35.5. The standard InChI is InChI=1S/C13H19ClN6O/c1-9-13(14)11(19(3)17-9)8-20-12(21)6-10(7-16-20)18(2)5-4-15/h6-7H,4-5,8,15H2,1-3H3. The Morgan fingerprint density at radius 1 is 1.48 bits per heavy atom. The summed E-state index contributed by atoms with van der Waals surface area (Å²) < 4.78 is 3.03. The second-order valence-electron chi connectivity index (χ2n) is 4.89. The summed E-state index contributed by atoms with van der Waals surface area (Å²) in [5, 5.41) is 8.98. The SMILES string of the molecule is Cc1nn(C)c(Cn2ncc(N(C)CCN)cc2=O)c1Cl. The van der Waals surface area contributed by atoms with Crippen LogP contribution in [-0.4, -0.2) is 39.7 Å². The Bertz CT molecular complexity index is 692. The summed E-state index contributed by atoms with van der Waals surface area (Å²) in [6, 6.07) is 1.54. The van der Waals surface area contributed by atoms with Gasteiger partial charge < -0.3 is 10.6 Å². The summed E-state index contributed by atoms with van der Waals surface area (Å²) in [7, 11) is 3.66. The highest BCUT2D eigenvalue weighted by Gasteiger charge is 2.13. The molecule has 2 aromatic rings. The number of anilines is 1. The Morgan fingerprint density at radius 3 is 2.71 bits per heavy atom. The van der Waals surface area contributed by atoms with Crippen molar-refractivity contribution in [2.24, 2.45) is 12.8 Å². The molecule has 0 spiro atoms. The van der Waals surface area contributed by atoms with Crippen LogP contribution >= 0.6 is 11.6 Å². The van der Waals surface area contributed by atoms with E-state index in [9.17, 15) is 4.79 Å². The van der Waals surface area contributed by atoms with E-state index in [0.717, 1.165) is 17.1 Å². The van der Waals surface area contributed by atoms with Crippen LogP contribution < -0.4 is 16.2 Å². The highest BCUT2D eigenvalue weighted by Crippen LogP contribution is 2.19. The molecule has 8 heteroatoms. The molecule has 0 saturated heterocycles. The molecular weight excluding hydrogens is 292 g/mol. The van der Waals surface area contributed by atoms with Gasteiger partial charge in [0.15, 0.2) is 0 Å². The lowest BCUT2D eigenvalue weighted by Gasteiger charge is -2.17. The first-order valence-electron chi connectivity index (χ1n) is 6.60. The van der Waals surface area contributed by atoms with E-state index in [1.807, 2.05) is 18.9 Å². The van der Waals surface area contributed by atoms with Crippen LogP contribution in [0.3, 0.4) is 0 Å². The van der Waals surface area contributed by atoms with Gasteiger partial charge >= 0.3 is 0 Å². The summed E-state index contributed by atoms with van der Waals surface area (Å²) in [6.07, 6.45) is 1.65. The predicted molar refractivity (Wildman–Crippen MR) is 82.9 cm³/mol. The quantitative estimate of drug-likeness (QED) is 0.863. The van der Waals surface area contributed by atoms with Crippen LogP contribution in [0.25, 0.3) is 0 Å². The van der Waals surface area contributed by atoms with Crippen molar-refractivity contribution < 1.29 is 0 Å². The Hall–Kier alpha value is -1.86. The second-order valence-corrected chi connectivity index (χ2v) is 5.27. The highest BCUT2D eigenvalue weighted by molar-refractivity contribution is 6.31. The topological polar surface area (TPSA) is 82.0 Å². The molecule has 0 aromatic carbocycles. The van der Waals surface area contributed by atoms with E-state index in [-0.39, 0.29) is 12.1 Å². The number of rotatable bonds is 5. The maximum Gasteiger partial charge on any atom is 0.269 e. The van der Waals surface area contributed by atoms with Gasteiger partial charge in [-0.2, -0.15) is 10.2 Å². The molecule has 0 saturated carbocycles. The maximum absolute atomic E-state index is 12.2. The van der Waals surface area contributed by atoms with Gasteiger partial charge in [-0.25, -0.2) is 4.68 Å². The summed E-state index contributed by atoms with van der Waals surface area (Å²) >= 11 is 6.19. The third kappa shape index (κ3) is 3.25. The summed E-state index contributed by atoms with van der Waals surface area (Å²) in [4.78, 5) is 14.0. The molecule has 0 amide bonds. The minimum Gasteiger partial charge on any atom is -0.372 e. The molecule has 0 radical (unpaired) electrons. The van der Waals surface area contributed by atoms with Gasteiger partial charge in [0.25, 0.3) is 5.56 Å². The van der Waals surface area contributed by atoms with Gasteiger partial charge in [-0.15, -0.1) is 0 Å². The van der Waals surface area contributed by atoms with Crippen LogP contribution in [0.5, 0.6) is 0 Å². The van der Waals surface area contributed by atoms with Gasteiger partial charge in [0.1, 0.15) is 0 Å². The lowest BCUT2D eigenvalue weighted by molar-refractivity contribution is 0.590. The number of likely N-dealkylation sites (N-methyl/N-ethyl adjacent to an activating group) is 1. The van der Waals surface area contributed by atoms with Crippen LogP contribution in [0.2, 0.25) is 5.02 Å². The molecule has 7 nitrogen and oxygen atoms in total. The van der Waals surface area contributed by atoms with Crippen molar-refractivity contribution in [3.05, 3.63) is 39.0 Å². The van der Waals surface area contributed by atoms with Gasteiger partial charge in [-0.05, 0) is 6.92 Å². The normalized spacial score (nSPS) is 10.9. The molecule has 0 fully saturated rings. The van der Waals surface area contributed by atoms with Gasteiger partial charge in [0.2, 0.25) is 0 Å². The van der Waals surface area contributed by atoms with E-state index in [4.69, 9.17) is 17.3 Å². The molecule has 0 unspecified atom stereocenters. The fourth-order valence-corrected chi connectivity index (χ4v) is 2.29. The molecule has 2 rings (SSSR count). The molecule has 2 N–H and O–H groups in total. The first kappa shape index (κ1) is 15.5. The lowest BCUT2D eigenvalue weighted by atomic mass is 10.3. The number of hydrogen-bond acceptors (Lipinski definition) is 5. The van der Waals surface area contributed by atoms with Crippen LogP contribution in [0, 0.1) is 6.92 Å². The number of nitrogens with zero attached hydrogens (tertiary/aromatic N) is 5. The zero-order valence-electron chi connectivity index (χ0n) is 12.4. The first-order valence-corrected chi connectivity index (χ1v) is 6.98. The third-order valence-corrected chi connectivity index (χ3v) is 3.81. The zero-order chi connectivity index (χ0) is 15.6. The molecule has 2 aromatic heterocycles. The number of nitrogens with two attached hydrogens (primary N) is 1. The molecule has 0 aliphatic rings. The van der Waals surface area contributed by atoms with Crippen molar-refractivity contribution in [3.63, 3.8) is 0 Å². The Labute approximate surface area is 127 Å². The largest absolute Gasteiger partial charge is 0.372 e. The van der Waals surface area contributed by atoms with E-state index in [0.29, 0.717) is 18.1 Å². The van der Waals surface area contributed by atoms with Crippen LogP contribution in [0.15, 0.2) is 17.1 Å². The minimum atomic E-state index is -0.189. The summed E-state index contributed by atoms with van der Waals surface area (Å²) in [6.45, 7) is 3.30. The Balaban J connectivity index is 2.28. The van der Waals surface area contributed by atoms with Crippen LogP contribution in [0.1, 0.15) is 11.4 Å². The van der Waals surface area contributed by atoms with Crippen molar-refractivity contribution in [2.45, 2.75) is 13.5 Å². The third-order valence-electron chi connectivity index (χ3n) is 3.32. The van der Waals surface area contributed by atoms with E-state index in [1.54, 1.807) is 24.0 Å². The molecule has 21 heavy (non-hydrogen) atoms. The smallest absolute Gasteiger partial charge is 0.269 e. The molecular formula is C13H19ClN6O. The zero-order valence-corrected chi connectivity index (χ0v) is 13.1. The molecule has 0 bridgehead atoms. The van der Waals surface area contributed by atoms with Crippen molar-refractivity contribution in [3.8, 4) is 0 Å². The average molecular weight is 311 g/mol. The van der Waals surface area contributed by atoms with E-state index >= 15 is 0 Å².